The van der Waals surface area contributed by atoms with Crippen LogP contribution in [0.15, 0.2) is 18.2 Å². The van der Waals surface area contributed by atoms with E-state index in [1.165, 1.54) is 18.2 Å². The lowest BCUT2D eigenvalue weighted by Crippen LogP contribution is -2.08. The van der Waals surface area contributed by atoms with Crippen LogP contribution in [0.4, 0.5) is 4.39 Å². The molecule has 0 amide bonds. The van der Waals surface area contributed by atoms with E-state index in [1.807, 2.05) is 0 Å². The van der Waals surface area contributed by atoms with Gasteiger partial charge in [-0.25, -0.2) is 12.8 Å². The number of nitriles is 1. The minimum absolute atomic E-state index is 0.00417. The fraction of sp³-hybridized carbons (Fsp3) is 0.364. The molecule has 0 heterocycles. The summed E-state index contributed by atoms with van der Waals surface area (Å²) < 4.78 is 40.0. The van der Waals surface area contributed by atoms with E-state index >= 15 is 0 Å². The molecule has 1 aromatic carbocycles. The molecule has 92 valence electrons. The summed E-state index contributed by atoms with van der Waals surface area (Å²) in [5.41, 5.74) is -0.160. The third kappa shape index (κ3) is 4.41. The molecule has 0 aromatic heterocycles. The summed E-state index contributed by atoms with van der Waals surface area (Å²) in [6.45, 7) is 0.130. The van der Waals surface area contributed by atoms with Gasteiger partial charge in [-0.05, 0) is 18.6 Å². The van der Waals surface area contributed by atoms with Gasteiger partial charge in [0.2, 0.25) is 0 Å². The number of ether oxygens (including phenoxy) is 1. The largest absolute Gasteiger partial charge is 0.492 e. The van der Waals surface area contributed by atoms with Gasteiger partial charge in [-0.3, -0.25) is 0 Å². The minimum atomic E-state index is -3.02. The number of hydrogen-bond donors (Lipinski definition) is 0. The van der Waals surface area contributed by atoms with Gasteiger partial charge in [0, 0.05) is 6.26 Å². The van der Waals surface area contributed by atoms with Crippen molar-refractivity contribution in [2.24, 2.45) is 0 Å². The second-order valence-corrected chi connectivity index (χ2v) is 5.82. The SMILES string of the molecule is CS(=O)(=O)CCCOc1cccc(F)c1C#N. The van der Waals surface area contributed by atoms with E-state index < -0.39 is 15.7 Å². The molecule has 0 aliphatic rings. The van der Waals surface area contributed by atoms with Gasteiger partial charge in [-0.15, -0.1) is 0 Å². The molecular formula is C11H12FNO3S. The summed E-state index contributed by atoms with van der Waals surface area (Å²) in [6, 6.07) is 5.78. The van der Waals surface area contributed by atoms with E-state index in [4.69, 9.17) is 10.00 Å². The molecular weight excluding hydrogens is 245 g/mol. The Morgan fingerprint density at radius 1 is 1.47 bits per heavy atom. The van der Waals surface area contributed by atoms with Crippen LogP contribution in [-0.2, 0) is 9.84 Å². The van der Waals surface area contributed by atoms with Gasteiger partial charge in [0.05, 0.1) is 12.4 Å². The first kappa shape index (κ1) is 13.5. The third-order valence-corrected chi connectivity index (χ3v) is 3.03. The molecule has 0 aliphatic carbocycles. The van der Waals surface area contributed by atoms with Crippen LogP contribution in [0, 0.1) is 17.1 Å². The molecule has 6 heteroatoms. The summed E-state index contributed by atoms with van der Waals surface area (Å²) in [7, 11) is -3.02. The number of sulfone groups is 1. The van der Waals surface area contributed by atoms with Crippen molar-refractivity contribution >= 4 is 9.84 Å². The number of benzene rings is 1. The average Bonchev–Trinajstić information content (AvgIpc) is 2.23. The standard InChI is InChI=1S/C11H12FNO3S/c1-17(14,15)7-3-6-16-11-5-2-4-10(12)9(11)8-13/h2,4-5H,3,6-7H2,1H3. The molecule has 0 fully saturated rings. The summed E-state index contributed by atoms with van der Waals surface area (Å²) in [6.07, 6.45) is 1.44. The van der Waals surface area contributed by atoms with Crippen LogP contribution in [0.1, 0.15) is 12.0 Å². The van der Waals surface area contributed by atoms with Crippen LogP contribution in [0.2, 0.25) is 0 Å². The molecule has 0 spiro atoms. The van der Waals surface area contributed by atoms with Crippen molar-refractivity contribution < 1.29 is 17.5 Å². The molecule has 1 rings (SSSR count). The van der Waals surface area contributed by atoms with E-state index in [-0.39, 0.29) is 23.7 Å². The fourth-order valence-corrected chi connectivity index (χ4v) is 1.88. The summed E-state index contributed by atoms with van der Waals surface area (Å²) in [5, 5.41) is 8.72. The topological polar surface area (TPSA) is 67.2 Å². The maximum Gasteiger partial charge on any atom is 0.147 e. The number of nitrogens with zero attached hydrogens (tertiary/aromatic N) is 1. The van der Waals surface area contributed by atoms with Crippen LogP contribution in [0.3, 0.4) is 0 Å². The third-order valence-electron chi connectivity index (χ3n) is 2.00. The summed E-state index contributed by atoms with van der Waals surface area (Å²) >= 11 is 0. The molecule has 1 aromatic rings. The maximum absolute atomic E-state index is 13.2. The predicted octanol–water partition coefficient (Wildman–Crippen LogP) is 1.51. The number of hydrogen-bond acceptors (Lipinski definition) is 4. The first-order chi connectivity index (χ1) is 7.94. The van der Waals surface area contributed by atoms with E-state index in [1.54, 1.807) is 6.07 Å². The van der Waals surface area contributed by atoms with E-state index in [2.05, 4.69) is 0 Å². The van der Waals surface area contributed by atoms with Crippen molar-refractivity contribution in [1.29, 1.82) is 5.26 Å². The van der Waals surface area contributed by atoms with Gasteiger partial charge in [0.15, 0.2) is 0 Å². The lowest BCUT2D eigenvalue weighted by molar-refractivity contribution is 0.315. The zero-order valence-electron chi connectivity index (χ0n) is 9.31. The molecule has 0 aliphatic heterocycles. The molecule has 4 nitrogen and oxygen atoms in total. The zero-order chi connectivity index (χ0) is 12.9. The lowest BCUT2D eigenvalue weighted by Gasteiger charge is -2.07. The van der Waals surface area contributed by atoms with Crippen molar-refractivity contribution in [2.45, 2.75) is 6.42 Å². The predicted molar refractivity (Wildman–Crippen MR) is 60.9 cm³/mol. The first-order valence-electron chi connectivity index (χ1n) is 4.93. The molecule has 0 radical (unpaired) electrons. The van der Waals surface area contributed by atoms with Crippen LogP contribution < -0.4 is 4.74 Å². The maximum atomic E-state index is 13.2. The van der Waals surface area contributed by atoms with Crippen molar-refractivity contribution in [3.05, 3.63) is 29.6 Å². The Labute approximate surface area is 99.6 Å². The molecule has 0 saturated carbocycles. The van der Waals surface area contributed by atoms with Crippen molar-refractivity contribution in [1.82, 2.24) is 0 Å². The first-order valence-corrected chi connectivity index (χ1v) is 6.99. The highest BCUT2D eigenvalue weighted by molar-refractivity contribution is 7.90. The van der Waals surface area contributed by atoms with E-state index in [9.17, 15) is 12.8 Å². The highest BCUT2D eigenvalue weighted by atomic mass is 32.2. The summed E-state index contributed by atoms with van der Waals surface area (Å²) in [4.78, 5) is 0. The van der Waals surface area contributed by atoms with E-state index in [0.29, 0.717) is 6.42 Å². The van der Waals surface area contributed by atoms with Crippen LogP contribution in [-0.4, -0.2) is 27.0 Å². The van der Waals surface area contributed by atoms with Crippen molar-refractivity contribution in [2.75, 3.05) is 18.6 Å². The Morgan fingerprint density at radius 2 is 2.18 bits per heavy atom. The Morgan fingerprint density at radius 3 is 2.76 bits per heavy atom. The zero-order valence-corrected chi connectivity index (χ0v) is 10.1. The minimum Gasteiger partial charge on any atom is -0.492 e. The Balaban J connectivity index is 2.59. The smallest absolute Gasteiger partial charge is 0.147 e. The highest BCUT2D eigenvalue weighted by Crippen LogP contribution is 2.20. The van der Waals surface area contributed by atoms with Gasteiger partial charge in [0.25, 0.3) is 0 Å². The summed E-state index contributed by atoms with van der Waals surface area (Å²) in [5.74, 6) is -0.501. The van der Waals surface area contributed by atoms with Gasteiger partial charge < -0.3 is 4.74 Å². The molecule has 0 saturated heterocycles. The molecule has 0 unspecified atom stereocenters. The molecule has 0 N–H and O–H groups in total. The second-order valence-electron chi connectivity index (χ2n) is 3.56. The lowest BCUT2D eigenvalue weighted by atomic mass is 10.2. The second kappa shape index (κ2) is 5.64. The van der Waals surface area contributed by atoms with Gasteiger partial charge in [-0.1, -0.05) is 6.07 Å². The highest BCUT2D eigenvalue weighted by Gasteiger charge is 2.09. The Bertz CT molecular complexity index is 534. The van der Waals surface area contributed by atoms with Gasteiger partial charge in [0.1, 0.15) is 33.0 Å². The molecule has 0 bridgehead atoms. The molecule has 0 atom stereocenters. The molecule has 17 heavy (non-hydrogen) atoms. The van der Waals surface area contributed by atoms with Crippen molar-refractivity contribution in [3.8, 4) is 11.8 Å². The van der Waals surface area contributed by atoms with Crippen LogP contribution >= 0.6 is 0 Å². The monoisotopic (exact) mass is 257 g/mol. The van der Waals surface area contributed by atoms with Crippen LogP contribution in [0.5, 0.6) is 5.75 Å². The average molecular weight is 257 g/mol. The van der Waals surface area contributed by atoms with E-state index in [0.717, 1.165) is 6.26 Å². The Hall–Kier alpha value is -1.61. The fourth-order valence-electron chi connectivity index (χ4n) is 1.24. The van der Waals surface area contributed by atoms with Crippen molar-refractivity contribution in [3.63, 3.8) is 0 Å². The normalized spacial score (nSPS) is 10.9. The number of halogens is 1. The Kier molecular flexibility index (Phi) is 4.46. The number of rotatable bonds is 5. The van der Waals surface area contributed by atoms with Gasteiger partial charge in [-0.2, -0.15) is 5.26 Å². The van der Waals surface area contributed by atoms with Gasteiger partial charge >= 0.3 is 0 Å². The quantitative estimate of drug-likeness (QED) is 0.750. The van der Waals surface area contributed by atoms with Crippen LogP contribution in [0.25, 0.3) is 0 Å².